The summed E-state index contributed by atoms with van der Waals surface area (Å²) >= 11 is 0. The predicted octanol–water partition coefficient (Wildman–Crippen LogP) is 7.48. The van der Waals surface area contributed by atoms with E-state index in [1.165, 1.54) is 11.1 Å². The van der Waals surface area contributed by atoms with Gasteiger partial charge in [0.2, 0.25) is 0 Å². The van der Waals surface area contributed by atoms with Gasteiger partial charge in [0.15, 0.2) is 0 Å². The number of carboxylic acid groups (broad SMARTS) is 2. The summed E-state index contributed by atoms with van der Waals surface area (Å²) in [7, 11) is 0. The van der Waals surface area contributed by atoms with E-state index in [4.69, 9.17) is 24.4 Å². The lowest BCUT2D eigenvalue weighted by molar-refractivity contribution is -0.137. The number of hydrogen-bond donors (Lipinski definition) is 2. The van der Waals surface area contributed by atoms with Gasteiger partial charge in [-0.2, -0.15) is 0 Å². The molecule has 0 saturated heterocycles. The molecule has 0 bridgehead atoms. The average Bonchev–Trinajstić information content (AvgIpc) is 3.06. The number of benzene rings is 4. The van der Waals surface area contributed by atoms with E-state index in [-0.39, 0.29) is 18.2 Å². The molecule has 0 amide bonds. The fourth-order valence-electron chi connectivity index (χ4n) is 5.90. The normalized spacial score (nSPS) is 14.1. The Hall–Kier alpha value is -4.66. The van der Waals surface area contributed by atoms with Crippen LogP contribution in [0.1, 0.15) is 58.7 Å². The van der Waals surface area contributed by atoms with Crippen molar-refractivity contribution in [3.8, 4) is 11.5 Å². The molecule has 2 N–H and O–H groups in total. The van der Waals surface area contributed by atoms with Crippen LogP contribution < -0.4 is 9.47 Å². The molecule has 1 atom stereocenters. The lowest BCUT2D eigenvalue weighted by Gasteiger charge is -2.36. The van der Waals surface area contributed by atoms with Gasteiger partial charge in [-0.3, -0.25) is 9.69 Å². The van der Waals surface area contributed by atoms with Gasteiger partial charge < -0.3 is 24.4 Å². The molecule has 5 rings (SSSR count). The van der Waals surface area contributed by atoms with E-state index < -0.39 is 12.1 Å². The Kier molecular flexibility index (Phi) is 11.8. The minimum Gasteiger partial charge on any atom is -0.489 e. The molecule has 0 saturated carbocycles. The third-order valence-corrected chi connectivity index (χ3v) is 8.34. The van der Waals surface area contributed by atoms with Crippen molar-refractivity contribution in [2.24, 2.45) is 0 Å². The minimum atomic E-state index is -1.36. The largest absolute Gasteiger partial charge is 0.511 e. The van der Waals surface area contributed by atoms with E-state index in [9.17, 15) is 9.59 Å². The number of carbonyl (C=O) groups is 2. The lowest BCUT2D eigenvalue weighted by atomic mass is 9.96. The summed E-state index contributed by atoms with van der Waals surface area (Å²) in [6.45, 7) is 2.75. The van der Waals surface area contributed by atoms with Gasteiger partial charge in [-0.1, -0.05) is 78.9 Å². The van der Waals surface area contributed by atoms with Gasteiger partial charge in [0, 0.05) is 13.0 Å². The lowest BCUT2D eigenvalue weighted by Crippen LogP contribution is -2.37. The zero-order valence-corrected chi connectivity index (χ0v) is 26.0. The van der Waals surface area contributed by atoms with Crippen LogP contribution in [-0.4, -0.2) is 46.9 Å². The molecular weight excluding hydrogens is 582 g/mol. The van der Waals surface area contributed by atoms with Crippen molar-refractivity contribution in [2.45, 2.75) is 57.8 Å². The summed E-state index contributed by atoms with van der Waals surface area (Å²) in [6, 6.07) is 32.5. The molecule has 4 aromatic carbocycles. The van der Waals surface area contributed by atoms with Crippen molar-refractivity contribution in [1.82, 2.24) is 4.90 Å². The number of unbranched alkanes of at least 4 members (excludes halogenated alkanes) is 1. The van der Waals surface area contributed by atoms with Crippen molar-refractivity contribution in [3.63, 3.8) is 0 Å². The summed E-state index contributed by atoms with van der Waals surface area (Å²) < 4.78 is 17.1. The summed E-state index contributed by atoms with van der Waals surface area (Å²) in [6.07, 6.45) is 2.84. The number of carboxylic acids is 1. The molecule has 0 spiro atoms. The quantitative estimate of drug-likeness (QED) is 0.0752. The van der Waals surface area contributed by atoms with Gasteiger partial charge in [-0.05, 0) is 90.2 Å². The third-order valence-electron chi connectivity index (χ3n) is 8.34. The van der Waals surface area contributed by atoms with Crippen molar-refractivity contribution in [3.05, 3.63) is 130 Å². The van der Waals surface area contributed by atoms with Gasteiger partial charge in [0.05, 0.1) is 19.3 Å². The maximum Gasteiger partial charge on any atom is 0.511 e. The predicted molar refractivity (Wildman–Crippen MR) is 175 cm³/mol. The second-order valence-corrected chi connectivity index (χ2v) is 11.6. The Morgan fingerprint density at radius 2 is 1.50 bits per heavy atom. The van der Waals surface area contributed by atoms with Crippen LogP contribution in [0.5, 0.6) is 11.5 Å². The molecule has 1 unspecified atom stereocenters. The average molecular weight is 624 g/mol. The number of nitrogens with zero attached hydrogens (tertiary/aromatic N) is 1. The SMILES string of the molecule is O=C(O)CCCCN(CCc1ccccc1OCc1ccc(CCc2ccccc2)cc1)C1COCc2cc(OC(=O)O)ccc21. The molecular formula is C38H41NO7. The first-order valence-corrected chi connectivity index (χ1v) is 15.8. The van der Waals surface area contributed by atoms with Gasteiger partial charge in [-0.25, -0.2) is 4.79 Å². The zero-order chi connectivity index (χ0) is 32.1. The molecule has 240 valence electrons. The first-order valence-electron chi connectivity index (χ1n) is 15.8. The Morgan fingerprint density at radius 3 is 2.26 bits per heavy atom. The monoisotopic (exact) mass is 623 g/mol. The summed E-state index contributed by atoms with van der Waals surface area (Å²) in [4.78, 5) is 24.5. The van der Waals surface area contributed by atoms with Crippen LogP contribution in [0.15, 0.2) is 97.1 Å². The number of hydrogen-bond acceptors (Lipinski definition) is 6. The van der Waals surface area contributed by atoms with Crippen LogP contribution >= 0.6 is 0 Å². The Balaban J connectivity index is 1.22. The van der Waals surface area contributed by atoms with Gasteiger partial charge in [0.1, 0.15) is 18.1 Å². The number of rotatable bonds is 16. The summed E-state index contributed by atoms with van der Waals surface area (Å²) in [5.41, 5.74) is 6.81. The highest BCUT2D eigenvalue weighted by molar-refractivity contribution is 5.66. The van der Waals surface area contributed by atoms with Crippen LogP contribution in [0, 0.1) is 0 Å². The molecule has 1 aliphatic rings. The van der Waals surface area contributed by atoms with Crippen molar-refractivity contribution < 1.29 is 34.0 Å². The molecule has 1 aliphatic heterocycles. The molecule has 8 nitrogen and oxygen atoms in total. The van der Waals surface area contributed by atoms with E-state index in [1.54, 1.807) is 12.1 Å². The molecule has 46 heavy (non-hydrogen) atoms. The number of aliphatic carboxylic acids is 1. The maximum atomic E-state index is 11.1. The first-order chi connectivity index (χ1) is 22.4. The van der Waals surface area contributed by atoms with Crippen molar-refractivity contribution in [2.75, 3.05) is 19.7 Å². The highest BCUT2D eigenvalue weighted by atomic mass is 16.7. The van der Waals surface area contributed by atoms with E-state index in [0.29, 0.717) is 39.3 Å². The van der Waals surface area contributed by atoms with Crippen molar-refractivity contribution >= 4 is 12.1 Å². The van der Waals surface area contributed by atoms with Crippen LogP contribution in [0.4, 0.5) is 4.79 Å². The molecule has 0 aromatic heterocycles. The fraction of sp³-hybridized carbons (Fsp3) is 0.316. The standard InChI is InChI=1S/C38H41NO7/c40-37(41)12-6-7-22-39(35-27-44-26-32-24-33(46-38(42)43)19-20-34(32)35)23-21-31-10-4-5-11-36(31)45-25-30-17-15-29(16-18-30)14-13-28-8-2-1-3-9-28/h1-5,8-11,15-20,24,35H,6-7,12-14,21-23,25-27H2,(H,40,41)(H,42,43). The van der Waals surface area contributed by atoms with Crippen LogP contribution in [0.3, 0.4) is 0 Å². The van der Waals surface area contributed by atoms with Gasteiger partial charge in [0.25, 0.3) is 0 Å². The molecule has 1 heterocycles. The number of ether oxygens (including phenoxy) is 3. The Labute approximate surface area is 270 Å². The van der Waals surface area contributed by atoms with E-state index in [0.717, 1.165) is 53.7 Å². The zero-order valence-electron chi connectivity index (χ0n) is 26.0. The molecule has 0 aliphatic carbocycles. The highest BCUT2D eigenvalue weighted by Crippen LogP contribution is 2.33. The number of fused-ring (bicyclic) bond motifs is 1. The van der Waals surface area contributed by atoms with Gasteiger partial charge in [-0.15, -0.1) is 0 Å². The van der Waals surface area contributed by atoms with Crippen LogP contribution in [-0.2, 0) is 42.0 Å². The topological polar surface area (TPSA) is 106 Å². The third kappa shape index (κ3) is 9.67. The minimum absolute atomic E-state index is 0.0547. The van der Waals surface area contributed by atoms with Crippen LogP contribution in [0.25, 0.3) is 0 Å². The Morgan fingerprint density at radius 1 is 0.783 bits per heavy atom. The number of para-hydroxylation sites is 1. The van der Waals surface area contributed by atoms with Gasteiger partial charge >= 0.3 is 12.1 Å². The smallest absolute Gasteiger partial charge is 0.489 e. The van der Waals surface area contributed by atoms with Crippen molar-refractivity contribution in [1.29, 1.82) is 0 Å². The maximum absolute atomic E-state index is 11.1. The second kappa shape index (κ2) is 16.6. The molecule has 4 aromatic rings. The fourth-order valence-corrected chi connectivity index (χ4v) is 5.90. The second-order valence-electron chi connectivity index (χ2n) is 11.6. The molecule has 8 heteroatoms. The Bertz CT molecular complexity index is 1570. The van der Waals surface area contributed by atoms with E-state index in [2.05, 4.69) is 59.5 Å². The van der Waals surface area contributed by atoms with E-state index in [1.807, 2.05) is 30.3 Å². The highest BCUT2D eigenvalue weighted by Gasteiger charge is 2.27. The molecule has 0 fully saturated rings. The van der Waals surface area contributed by atoms with Crippen LogP contribution in [0.2, 0.25) is 0 Å². The number of aryl methyl sites for hydroxylation is 2. The van der Waals surface area contributed by atoms with E-state index >= 15 is 0 Å². The summed E-state index contributed by atoms with van der Waals surface area (Å²) in [5, 5.41) is 18.2. The molecule has 0 radical (unpaired) electrons. The summed E-state index contributed by atoms with van der Waals surface area (Å²) in [5.74, 6) is 0.311. The first kappa shape index (κ1) is 32.7.